The first-order chi connectivity index (χ1) is 12.2. The SMILES string of the molecule is CN=C(NCC1CCN(Cc2ccc(C)cc2)CC1)NC1CCCC1. The average Bonchev–Trinajstić information content (AvgIpc) is 3.15. The van der Waals surface area contributed by atoms with Crippen LogP contribution in [0.3, 0.4) is 0 Å². The van der Waals surface area contributed by atoms with Crippen LogP contribution in [0.2, 0.25) is 0 Å². The van der Waals surface area contributed by atoms with E-state index in [1.54, 1.807) is 0 Å². The second-order valence-corrected chi connectivity index (χ2v) is 7.78. The summed E-state index contributed by atoms with van der Waals surface area (Å²) in [6, 6.07) is 9.59. The van der Waals surface area contributed by atoms with E-state index in [-0.39, 0.29) is 0 Å². The average molecular weight is 343 g/mol. The number of benzene rings is 1. The normalized spacial score (nSPS) is 20.8. The van der Waals surface area contributed by atoms with Gasteiger partial charge < -0.3 is 10.6 Å². The van der Waals surface area contributed by atoms with Crippen LogP contribution in [0.25, 0.3) is 0 Å². The molecule has 0 spiro atoms. The van der Waals surface area contributed by atoms with Crippen molar-refractivity contribution in [2.45, 2.75) is 58.0 Å². The molecule has 0 amide bonds. The summed E-state index contributed by atoms with van der Waals surface area (Å²) in [6.07, 6.45) is 7.84. The van der Waals surface area contributed by atoms with Gasteiger partial charge in [-0.05, 0) is 57.2 Å². The molecule has 25 heavy (non-hydrogen) atoms. The Balaban J connectivity index is 1.36. The summed E-state index contributed by atoms with van der Waals surface area (Å²) in [6.45, 7) is 6.69. The van der Waals surface area contributed by atoms with Gasteiger partial charge in [0.05, 0.1) is 0 Å². The molecule has 4 nitrogen and oxygen atoms in total. The van der Waals surface area contributed by atoms with Gasteiger partial charge in [-0.15, -0.1) is 0 Å². The van der Waals surface area contributed by atoms with Crippen molar-refractivity contribution in [3.63, 3.8) is 0 Å². The van der Waals surface area contributed by atoms with Gasteiger partial charge in [0.1, 0.15) is 0 Å². The first-order valence-electron chi connectivity index (χ1n) is 9.98. The fourth-order valence-electron chi connectivity index (χ4n) is 4.00. The molecule has 1 aliphatic carbocycles. The Hall–Kier alpha value is -1.55. The number of guanidine groups is 1. The highest BCUT2D eigenvalue weighted by atomic mass is 15.2. The van der Waals surface area contributed by atoms with Gasteiger partial charge in [0.15, 0.2) is 5.96 Å². The van der Waals surface area contributed by atoms with Crippen LogP contribution < -0.4 is 10.6 Å². The Morgan fingerprint density at radius 3 is 2.40 bits per heavy atom. The van der Waals surface area contributed by atoms with E-state index >= 15 is 0 Å². The lowest BCUT2D eigenvalue weighted by Gasteiger charge is -2.32. The third kappa shape index (κ3) is 5.74. The number of rotatable bonds is 5. The number of hydrogen-bond donors (Lipinski definition) is 2. The Kier molecular flexibility index (Phi) is 6.74. The van der Waals surface area contributed by atoms with Crippen molar-refractivity contribution in [1.82, 2.24) is 15.5 Å². The quantitative estimate of drug-likeness (QED) is 0.637. The third-order valence-corrected chi connectivity index (χ3v) is 5.71. The first kappa shape index (κ1) is 18.2. The number of hydrogen-bond acceptors (Lipinski definition) is 2. The van der Waals surface area contributed by atoms with E-state index in [1.165, 1.54) is 62.7 Å². The van der Waals surface area contributed by atoms with Crippen molar-refractivity contribution in [3.05, 3.63) is 35.4 Å². The lowest BCUT2D eigenvalue weighted by Crippen LogP contribution is -2.45. The molecule has 2 aliphatic rings. The maximum Gasteiger partial charge on any atom is 0.191 e. The molecule has 2 fully saturated rings. The fourth-order valence-corrected chi connectivity index (χ4v) is 4.00. The van der Waals surface area contributed by atoms with Crippen molar-refractivity contribution in [3.8, 4) is 0 Å². The number of aliphatic imine (C=N–C) groups is 1. The molecular formula is C21H34N4. The number of piperidine rings is 1. The fraction of sp³-hybridized carbons (Fsp3) is 0.667. The maximum absolute atomic E-state index is 4.40. The summed E-state index contributed by atoms with van der Waals surface area (Å²) < 4.78 is 0. The summed E-state index contributed by atoms with van der Waals surface area (Å²) >= 11 is 0. The molecule has 1 saturated heterocycles. The summed E-state index contributed by atoms with van der Waals surface area (Å²) in [5, 5.41) is 7.14. The summed E-state index contributed by atoms with van der Waals surface area (Å²) in [7, 11) is 1.88. The molecule has 138 valence electrons. The van der Waals surface area contributed by atoms with E-state index in [4.69, 9.17) is 0 Å². The van der Waals surface area contributed by atoms with E-state index in [0.717, 1.165) is 25.0 Å². The van der Waals surface area contributed by atoms with Crippen LogP contribution in [0.5, 0.6) is 0 Å². The Labute approximate surface area is 153 Å². The molecule has 0 bridgehead atoms. The van der Waals surface area contributed by atoms with Crippen LogP contribution in [0.15, 0.2) is 29.3 Å². The number of nitrogens with zero attached hydrogens (tertiary/aromatic N) is 2. The zero-order valence-electron chi connectivity index (χ0n) is 15.9. The number of aryl methyl sites for hydroxylation is 1. The van der Waals surface area contributed by atoms with Gasteiger partial charge in [0, 0.05) is 26.2 Å². The lowest BCUT2D eigenvalue weighted by molar-refractivity contribution is 0.178. The molecule has 1 heterocycles. The van der Waals surface area contributed by atoms with Crippen molar-refractivity contribution in [2.24, 2.45) is 10.9 Å². The van der Waals surface area contributed by atoms with E-state index in [9.17, 15) is 0 Å². The number of nitrogens with one attached hydrogen (secondary N) is 2. The maximum atomic E-state index is 4.40. The van der Waals surface area contributed by atoms with Crippen LogP contribution in [-0.2, 0) is 6.54 Å². The van der Waals surface area contributed by atoms with Gasteiger partial charge in [-0.2, -0.15) is 0 Å². The zero-order valence-corrected chi connectivity index (χ0v) is 15.9. The van der Waals surface area contributed by atoms with Gasteiger partial charge >= 0.3 is 0 Å². The lowest BCUT2D eigenvalue weighted by atomic mass is 9.96. The summed E-state index contributed by atoms with van der Waals surface area (Å²) in [4.78, 5) is 6.99. The minimum atomic E-state index is 0.627. The van der Waals surface area contributed by atoms with Crippen molar-refractivity contribution < 1.29 is 0 Å². The molecule has 3 rings (SSSR count). The van der Waals surface area contributed by atoms with Crippen molar-refractivity contribution in [2.75, 3.05) is 26.7 Å². The smallest absolute Gasteiger partial charge is 0.191 e. The summed E-state index contributed by atoms with van der Waals surface area (Å²) in [5.41, 5.74) is 2.77. The van der Waals surface area contributed by atoms with E-state index < -0.39 is 0 Å². The second-order valence-electron chi connectivity index (χ2n) is 7.78. The Bertz CT molecular complexity index is 538. The molecule has 1 aromatic rings. The predicted octanol–water partition coefficient (Wildman–Crippen LogP) is 3.31. The highest BCUT2D eigenvalue weighted by molar-refractivity contribution is 5.79. The molecule has 4 heteroatoms. The van der Waals surface area contributed by atoms with E-state index in [0.29, 0.717) is 6.04 Å². The predicted molar refractivity (Wildman–Crippen MR) is 106 cm³/mol. The van der Waals surface area contributed by atoms with Gasteiger partial charge in [-0.25, -0.2) is 0 Å². The zero-order chi connectivity index (χ0) is 17.5. The van der Waals surface area contributed by atoms with Crippen LogP contribution in [0, 0.1) is 12.8 Å². The second kappa shape index (κ2) is 9.23. The third-order valence-electron chi connectivity index (χ3n) is 5.71. The minimum absolute atomic E-state index is 0.627. The van der Waals surface area contributed by atoms with Gasteiger partial charge in [0.25, 0.3) is 0 Å². The monoisotopic (exact) mass is 342 g/mol. The van der Waals surface area contributed by atoms with Gasteiger partial charge in [-0.3, -0.25) is 9.89 Å². The van der Waals surface area contributed by atoms with Crippen molar-refractivity contribution >= 4 is 5.96 Å². The molecule has 1 aliphatic heterocycles. The standard InChI is InChI=1S/C21H34N4/c1-17-7-9-19(10-8-17)16-25-13-11-18(12-14-25)15-23-21(22-2)24-20-5-3-4-6-20/h7-10,18,20H,3-6,11-16H2,1-2H3,(H2,22,23,24). The highest BCUT2D eigenvalue weighted by Gasteiger charge is 2.20. The molecule has 0 unspecified atom stereocenters. The van der Waals surface area contributed by atoms with Crippen LogP contribution in [-0.4, -0.2) is 43.6 Å². The summed E-state index contributed by atoms with van der Waals surface area (Å²) in [5.74, 6) is 1.75. The molecule has 1 aromatic carbocycles. The van der Waals surface area contributed by atoms with E-state index in [1.807, 2.05) is 7.05 Å². The molecule has 0 aromatic heterocycles. The van der Waals surface area contributed by atoms with Crippen LogP contribution in [0.1, 0.15) is 49.7 Å². The molecule has 0 radical (unpaired) electrons. The first-order valence-corrected chi connectivity index (χ1v) is 9.98. The molecular weight excluding hydrogens is 308 g/mol. The Morgan fingerprint density at radius 2 is 1.76 bits per heavy atom. The van der Waals surface area contributed by atoms with Crippen LogP contribution in [0.4, 0.5) is 0 Å². The van der Waals surface area contributed by atoms with Gasteiger partial charge in [-0.1, -0.05) is 42.7 Å². The largest absolute Gasteiger partial charge is 0.356 e. The van der Waals surface area contributed by atoms with Crippen molar-refractivity contribution in [1.29, 1.82) is 0 Å². The Morgan fingerprint density at radius 1 is 1.08 bits per heavy atom. The van der Waals surface area contributed by atoms with Gasteiger partial charge in [0.2, 0.25) is 0 Å². The van der Waals surface area contributed by atoms with Crippen LogP contribution >= 0.6 is 0 Å². The van der Waals surface area contributed by atoms with E-state index in [2.05, 4.69) is 51.7 Å². The topological polar surface area (TPSA) is 39.7 Å². The minimum Gasteiger partial charge on any atom is -0.356 e. The molecule has 0 atom stereocenters. The number of likely N-dealkylation sites (tertiary alicyclic amines) is 1. The molecule has 2 N–H and O–H groups in total. The highest BCUT2D eigenvalue weighted by Crippen LogP contribution is 2.19. The molecule has 1 saturated carbocycles.